The maximum absolute atomic E-state index is 13.3. The summed E-state index contributed by atoms with van der Waals surface area (Å²) in [6.45, 7) is 2.99. The van der Waals surface area contributed by atoms with Crippen molar-refractivity contribution < 1.29 is 13.9 Å². The number of aromatic hydroxyl groups is 1. The zero-order chi connectivity index (χ0) is 12.6. The van der Waals surface area contributed by atoms with Crippen molar-refractivity contribution in [3.63, 3.8) is 0 Å². The minimum absolute atomic E-state index is 0.226. The number of aromatic nitrogens is 2. The summed E-state index contributed by atoms with van der Waals surface area (Å²) in [4.78, 5) is 7.30. The molecule has 17 heavy (non-hydrogen) atoms. The minimum Gasteiger partial charge on any atom is -0.492 e. The second-order valence-corrected chi connectivity index (χ2v) is 3.79. The minimum atomic E-state index is -3.43. The van der Waals surface area contributed by atoms with Gasteiger partial charge in [-0.25, -0.2) is 9.97 Å². The zero-order valence-electron chi connectivity index (χ0n) is 8.49. The number of hydrogen-bond donors (Lipinski definition) is 1. The summed E-state index contributed by atoms with van der Waals surface area (Å²) in [5.41, 5.74) is -0.343. The van der Waals surface area contributed by atoms with Crippen LogP contribution in [0, 0.1) is 0 Å². The lowest BCUT2D eigenvalue weighted by Gasteiger charge is -2.12. The molecule has 0 aliphatic heterocycles. The van der Waals surface area contributed by atoms with Crippen molar-refractivity contribution in [2.45, 2.75) is 5.92 Å². The van der Waals surface area contributed by atoms with E-state index < -0.39 is 17.5 Å². The number of benzene rings is 1. The standard InChI is InChI=1S/C11H7ClF2N2O/c1-2-11(13,14)9-10(17)16-8-5-6(12)3-4-7(8)15-9/h2-5H,1H2,(H,16,17). The Morgan fingerprint density at radius 2 is 2.00 bits per heavy atom. The van der Waals surface area contributed by atoms with Crippen molar-refractivity contribution in [2.24, 2.45) is 0 Å². The number of halogens is 3. The van der Waals surface area contributed by atoms with Crippen molar-refractivity contribution in [1.29, 1.82) is 0 Å². The van der Waals surface area contributed by atoms with Gasteiger partial charge in [0.25, 0.3) is 0 Å². The van der Waals surface area contributed by atoms with E-state index in [-0.39, 0.29) is 11.0 Å². The van der Waals surface area contributed by atoms with Crippen LogP contribution in [-0.2, 0) is 5.92 Å². The molecule has 0 saturated heterocycles. The normalized spacial score (nSPS) is 11.7. The fraction of sp³-hybridized carbons (Fsp3) is 0.0909. The molecule has 6 heteroatoms. The number of fused-ring (bicyclic) bond motifs is 1. The van der Waals surface area contributed by atoms with Crippen LogP contribution >= 0.6 is 11.6 Å². The topological polar surface area (TPSA) is 46.0 Å². The largest absolute Gasteiger partial charge is 0.492 e. The van der Waals surface area contributed by atoms with Gasteiger partial charge in [0.15, 0.2) is 5.69 Å². The van der Waals surface area contributed by atoms with E-state index in [1.807, 2.05) is 0 Å². The third kappa shape index (κ3) is 2.06. The number of rotatable bonds is 2. The Morgan fingerprint density at radius 1 is 1.29 bits per heavy atom. The van der Waals surface area contributed by atoms with Crippen LogP contribution in [0.4, 0.5) is 8.78 Å². The van der Waals surface area contributed by atoms with Crippen LogP contribution in [0.1, 0.15) is 5.69 Å². The molecule has 0 bridgehead atoms. The van der Waals surface area contributed by atoms with Gasteiger partial charge in [-0.3, -0.25) is 0 Å². The van der Waals surface area contributed by atoms with Crippen LogP contribution in [-0.4, -0.2) is 15.1 Å². The summed E-state index contributed by atoms with van der Waals surface area (Å²) in [7, 11) is 0. The van der Waals surface area contributed by atoms with E-state index in [9.17, 15) is 13.9 Å². The molecule has 0 aliphatic rings. The molecule has 0 spiro atoms. The maximum Gasteiger partial charge on any atom is 0.313 e. The molecule has 1 N–H and O–H groups in total. The van der Waals surface area contributed by atoms with Crippen LogP contribution in [0.5, 0.6) is 5.88 Å². The molecule has 0 saturated carbocycles. The van der Waals surface area contributed by atoms with Crippen LogP contribution in [0.3, 0.4) is 0 Å². The summed E-state index contributed by atoms with van der Waals surface area (Å²) >= 11 is 5.71. The molecule has 2 rings (SSSR count). The van der Waals surface area contributed by atoms with E-state index in [1.54, 1.807) is 0 Å². The Balaban J connectivity index is 2.72. The van der Waals surface area contributed by atoms with Gasteiger partial charge in [-0.05, 0) is 24.3 Å². The smallest absolute Gasteiger partial charge is 0.313 e. The van der Waals surface area contributed by atoms with Gasteiger partial charge in [-0.1, -0.05) is 18.2 Å². The van der Waals surface area contributed by atoms with Crippen LogP contribution in [0.15, 0.2) is 30.9 Å². The fourth-order valence-electron chi connectivity index (χ4n) is 1.34. The molecule has 0 radical (unpaired) electrons. The highest BCUT2D eigenvalue weighted by molar-refractivity contribution is 6.31. The van der Waals surface area contributed by atoms with Crippen molar-refractivity contribution in [3.05, 3.63) is 41.6 Å². The van der Waals surface area contributed by atoms with Gasteiger partial charge in [0.2, 0.25) is 5.88 Å². The molecular weight excluding hydrogens is 250 g/mol. The quantitative estimate of drug-likeness (QED) is 0.839. The Bertz CT molecular complexity index is 601. The Kier molecular flexibility index (Phi) is 2.71. The first-order valence-electron chi connectivity index (χ1n) is 4.62. The summed E-state index contributed by atoms with van der Waals surface area (Å²) in [6.07, 6.45) is 0.401. The first-order chi connectivity index (χ1) is 7.94. The van der Waals surface area contributed by atoms with Gasteiger partial charge in [0.05, 0.1) is 11.0 Å². The first-order valence-corrected chi connectivity index (χ1v) is 5.00. The highest BCUT2D eigenvalue weighted by Crippen LogP contribution is 2.34. The first kappa shape index (κ1) is 11.7. The van der Waals surface area contributed by atoms with Gasteiger partial charge < -0.3 is 5.11 Å². The molecule has 1 aromatic heterocycles. The monoisotopic (exact) mass is 256 g/mol. The number of alkyl halides is 2. The summed E-state index contributed by atoms with van der Waals surface area (Å²) < 4.78 is 26.7. The molecule has 1 heterocycles. The Labute approximate surface area is 100 Å². The van der Waals surface area contributed by atoms with Gasteiger partial charge in [0, 0.05) is 5.02 Å². The highest BCUT2D eigenvalue weighted by atomic mass is 35.5. The molecule has 0 fully saturated rings. The summed E-state index contributed by atoms with van der Waals surface area (Å²) in [5, 5.41) is 9.81. The number of hydrogen-bond acceptors (Lipinski definition) is 3. The number of nitrogens with zero attached hydrogens (tertiary/aromatic N) is 2. The highest BCUT2D eigenvalue weighted by Gasteiger charge is 2.33. The molecule has 3 nitrogen and oxygen atoms in total. The Hall–Kier alpha value is -1.75. The third-order valence-electron chi connectivity index (χ3n) is 2.18. The van der Waals surface area contributed by atoms with Gasteiger partial charge in [0.1, 0.15) is 0 Å². The van der Waals surface area contributed by atoms with Crippen LogP contribution in [0.25, 0.3) is 11.0 Å². The predicted molar refractivity (Wildman–Crippen MR) is 60.3 cm³/mol. The van der Waals surface area contributed by atoms with Crippen molar-refractivity contribution in [2.75, 3.05) is 0 Å². The molecule has 2 aromatic rings. The summed E-state index contributed by atoms with van der Waals surface area (Å²) in [6, 6.07) is 4.39. The van der Waals surface area contributed by atoms with E-state index in [1.165, 1.54) is 18.2 Å². The third-order valence-corrected chi connectivity index (χ3v) is 2.42. The van der Waals surface area contributed by atoms with Crippen molar-refractivity contribution in [1.82, 2.24) is 9.97 Å². The Morgan fingerprint density at radius 3 is 2.65 bits per heavy atom. The van der Waals surface area contributed by atoms with Crippen LogP contribution < -0.4 is 0 Å². The van der Waals surface area contributed by atoms with Crippen molar-refractivity contribution in [3.8, 4) is 5.88 Å². The van der Waals surface area contributed by atoms with Gasteiger partial charge in [-0.15, -0.1) is 0 Å². The van der Waals surface area contributed by atoms with E-state index in [4.69, 9.17) is 11.6 Å². The molecule has 88 valence electrons. The lowest BCUT2D eigenvalue weighted by atomic mass is 10.2. The lowest BCUT2D eigenvalue weighted by molar-refractivity contribution is 0.0445. The molecule has 0 unspecified atom stereocenters. The second kappa shape index (κ2) is 3.92. The van der Waals surface area contributed by atoms with Gasteiger partial charge >= 0.3 is 5.92 Å². The number of allylic oxidation sites excluding steroid dienone is 1. The predicted octanol–water partition coefficient (Wildman–Crippen LogP) is 3.27. The van der Waals surface area contributed by atoms with Gasteiger partial charge in [-0.2, -0.15) is 8.78 Å². The maximum atomic E-state index is 13.3. The van der Waals surface area contributed by atoms with E-state index in [0.29, 0.717) is 11.1 Å². The average Bonchev–Trinajstić information content (AvgIpc) is 2.27. The fourth-order valence-corrected chi connectivity index (χ4v) is 1.50. The molecule has 0 amide bonds. The summed E-state index contributed by atoms with van der Waals surface area (Å²) in [5.74, 6) is -4.25. The van der Waals surface area contributed by atoms with Crippen molar-refractivity contribution >= 4 is 22.6 Å². The SMILES string of the molecule is C=CC(F)(F)c1nc2ccc(Cl)cc2nc1O. The van der Waals surface area contributed by atoms with Crippen LogP contribution in [0.2, 0.25) is 5.02 Å². The van der Waals surface area contributed by atoms with E-state index >= 15 is 0 Å². The van der Waals surface area contributed by atoms with E-state index in [2.05, 4.69) is 16.5 Å². The molecule has 1 aromatic carbocycles. The molecule has 0 atom stereocenters. The molecular formula is C11H7ClF2N2O. The lowest BCUT2D eigenvalue weighted by Crippen LogP contribution is -2.12. The zero-order valence-corrected chi connectivity index (χ0v) is 9.25. The average molecular weight is 257 g/mol. The molecule has 0 aliphatic carbocycles. The second-order valence-electron chi connectivity index (χ2n) is 3.36. The van der Waals surface area contributed by atoms with E-state index in [0.717, 1.165) is 0 Å².